The molecule has 4 heterocycles. The monoisotopic (exact) mass is 670 g/mol. The fourth-order valence-electron chi connectivity index (χ4n) is 6.57. The Morgan fingerprint density at radius 2 is 0.902 bits per heavy atom. The molecule has 10 aromatic rings. The minimum absolute atomic E-state index is 0.623. The Kier molecular flexibility index (Phi) is 6.89. The second-order valence-corrected chi connectivity index (χ2v) is 13.5. The molecule has 0 aliphatic heterocycles. The second kappa shape index (κ2) is 12.0. The van der Waals surface area contributed by atoms with Gasteiger partial charge < -0.3 is 0 Å². The summed E-state index contributed by atoms with van der Waals surface area (Å²) >= 11 is 1.61. The molecule has 6 aromatic carbocycles. The van der Waals surface area contributed by atoms with Gasteiger partial charge in [0.25, 0.3) is 0 Å². The number of thiophene rings is 1. The van der Waals surface area contributed by atoms with Crippen LogP contribution in [0.4, 0.5) is 0 Å². The van der Waals surface area contributed by atoms with Gasteiger partial charge in [0.1, 0.15) is 4.83 Å². The van der Waals surface area contributed by atoms with Gasteiger partial charge in [-0.25, -0.2) is 29.9 Å². The van der Waals surface area contributed by atoms with E-state index in [-0.39, 0.29) is 0 Å². The molecule has 238 valence electrons. The Balaban J connectivity index is 1.01. The smallest absolute Gasteiger partial charge is 0.164 e. The highest BCUT2D eigenvalue weighted by Gasteiger charge is 2.15. The molecule has 0 spiro atoms. The molecule has 0 aliphatic carbocycles. The van der Waals surface area contributed by atoms with Crippen molar-refractivity contribution in [2.45, 2.75) is 0 Å². The van der Waals surface area contributed by atoms with Gasteiger partial charge in [-0.15, -0.1) is 11.3 Å². The molecule has 0 fully saturated rings. The molecule has 0 saturated heterocycles. The van der Waals surface area contributed by atoms with Crippen molar-refractivity contribution in [3.8, 4) is 56.7 Å². The van der Waals surface area contributed by atoms with Crippen molar-refractivity contribution < 1.29 is 0 Å². The summed E-state index contributed by atoms with van der Waals surface area (Å²) in [4.78, 5) is 30.3. The Morgan fingerprint density at radius 1 is 0.353 bits per heavy atom. The van der Waals surface area contributed by atoms with Crippen molar-refractivity contribution in [2.24, 2.45) is 0 Å². The number of rotatable bonds is 5. The second-order valence-electron chi connectivity index (χ2n) is 12.5. The van der Waals surface area contributed by atoms with Crippen molar-refractivity contribution in [1.82, 2.24) is 29.9 Å². The summed E-state index contributed by atoms with van der Waals surface area (Å²) in [5.74, 6) is 2.61. The predicted octanol–water partition coefficient (Wildman–Crippen LogP) is 11.1. The molecule has 6 nitrogen and oxygen atoms in total. The summed E-state index contributed by atoms with van der Waals surface area (Å²) in [7, 11) is 0. The Bertz CT molecular complexity index is 2850. The molecule has 51 heavy (non-hydrogen) atoms. The molecule has 0 radical (unpaired) electrons. The van der Waals surface area contributed by atoms with Gasteiger partial charge in [0.05, 0.1) is 10.2 Å². The van der Waals surface area contributed by atoms with Crippen LogP contribution in [0.2, 0.25) is 0 Å². The lowest BCUT2D eigenvalue weighted by atomic mass is 10.0. The van der Waals surface area contributed by atoms with E-state index in [9.17, 15) is 0 Å². The zero-order valence-electron chi connectivity index (χ0n) is 27.1. The Labute approximate surface area is 296 Å². The molecular formula is C44H26N6S. The van der Waals surface area contributed by atoms with E-state index in [4.69, 9.17) is 29.9 Å². The third-order valence-corrected chi connectivity index (χ3v) is 10.2. The average Bonchev–Trinajstić information content (AvgIpc) is 3.58. The first kappa shape index (κ1) is 29.2. The van der Waals surface area contributed by atoms with Crippen LogP contribution in [0.5, 0.6) is 0 Å². The van der Waals surface area contributed by atoms with E-state index < -0.39 is 0 Å². The molecule has 0 N–H and O–H groups in total. The molecule has 0 bridgehead atoms. The van der Waals surface area contributed by atoms with Crippen molar-refractivity contribution in [3.05, 3.63) is 158 Å². The van der Waals surface area contributed by atoms with E-state index in [1.54, 1.807) is 11.3 Å². The van der Waals surface area contributed by atoms with Crippen LogP contribution in [0.3, 0.4) is 0 Å². The minimum Gasteiger partial charge on any atom is -0.245 e. The van der Waals surface area contributed by atoms with E-state index >= 15 is 0 Å². The summed E-state index contributed by atoms with van der Waals surface area (Å²) in [5.41, 5.74) is 6.75. The van der Waals surface area contributed by atoms with Crippen molar-refractivity contribution in [1.29, 1.82) is 0 Å². The van der Waals surface area contributed by atoms with Gasteiger partial charge in [-0.3, -0.25) is 0 Å². The Hall–Kier alpha value is -6.70. The normalized spacial score (nSPS) is 11.5. The highest BCUT2D eigenvalue weighted by molar-refractivity contribution is 7.25. The molecule has 0 aliphatic rings. The lowest BCUT2D eigenvalue weighted by Crippen LogP contribution is -2.00. The molecule has 0 unspecified atom stereocenters. The van der Waals surface area contributed by atoms with E-state index in [0.717, 1.165) is 53.8 Å². The number of aromatic nitrogens is 6. The van der Waals surface area contributed by atoms with Crippen LogP contribution in [0.25, 0.3) is 98.7 Å². The molecule has 0 saturated carbocycles. The largest absolute Gasteiger partial charge is 0.245 e. The maximum absolute atomic E-state index is 5.09. The molecule has 0 amide bonds. The number of fused-ring (bicyclic) bond motifs is 5. The average molecular weight is 671 g/mol. The summed E-state index contributed by atoms with van der Waals surface area (Å²) in [6.07, 6.45) is 3.85. The molecule has 7 heteroatoms. The number of hydrogen-bond acceptors (Lipinski definition) is 7. The van der Waals surface area contributed by atoms with Gasteiger partial charge in [-0.2, -0.15) is 0 Å². The lowest BCUT2D eigenvalue weighted by Gasteiger charge is -2.09. The van der Waals surface area contributed by atoms with Gasteiger partial charge in [0.15, 0.2) is 23.3 Å². The molecule has 4 aromatic heterocycles. The summed E-state index contributed by atoms with van der Waals surface area (Å²) in [5, 5.41) is 5.84. The first-order valence-electron chi connectivity index (χ1n) is 16.7. The van der Waals surface area contributed by atoms with Crippen LogP contribution in [-0.4, -0.2) is 29.9 Å². The van der Waals surface area contributed by atoms with Crippen LogP contribution in [0.1, 0.15) is 0 Å². The maximum atomic E-state index is 5.09. The van der Waals surface area contributed by atoms with E-state index in [2.05, 4.69) is 84.9 Å². The summed E-state index contributed by atoms with van der Waals surface area (Å²) in [6.45, 7) is 0. The zero-order valence-corrected chi connectivity index (χ0v) is 27.9. The van der Waals surface area contributed by atoms with Gasteiger partial charge in [-0.05, 0) is 51.4 Å². The number of pyridine rings is 1. The summed E-state index contributed by atoms with van der Waals surface area (Å²) < 4.78 is 1.01. The number of hydrogen-bond donors (Lipinski definition) is 0. The highest BCUT2D eigenvalue weighted by Crippen LogP contribution is 2.36. The van der Waals surface area contributed by atoms with Crippen LogP contribution in [-0.2, 0) is 0 Å². The van der Waals surface area contributed by atoms with Gasteiger partial charge in [0.2, 0.25) is 0 Å². The standard InChI is InChI=1S/C44H26N6S/c1-3-9-28(10-4-1)41-48-42(29-11-5-2-6-12-29)50-43(49-41)30-17-15-27(16-18-30)36-24-37-39-38(51-44(37)46-25-36)26-45-40(47-39)34-20-19-33-21-31-13-7-8-14-32(31)22-35(33)23-34/h1-26H. The Morgan fingerprint density at radius 3 is 1.57 bits per heavy atom. The van der Waals surface area contributed by atoms with Crippen molar-refractivity contribution in [3.63, 3.8) is 0 Å². The fourth-order valence-corrected chi connectivity index (χ4v) is 7.51. The molecule has 10 rings (SSSR count). The number of nitrogens with zero attached hydrogens (tertiary/aromatic N) is 6. The van der Waals surface area contributed by atoms with Crippen molar-refractivity contribution >= 4 is 53.3 Å². The third-order valence-electron chi connectivity index (χ3n) is 9.21. The maximum Gasteiger partial charge on any atom is 0.164 e. The van der Waals surface area contributed by atoms with Crippen LogP contribution in [0, 0.1) is 0 Å². The van der Waals surface area contributed by atoms with Crippen molar-refractivity contribution in [2.75, 3.05) is 0 Å². The van der Waals surface area contributed by atoms with E-state index in [0.29, 0.717) is 23.3 Å². The van der Waals surface area contributed by atoms with Gasteiger partial charge in [0, 0.05) is 45.6 Å². The first-order valence-corrected chi connectivity index (χ1v) is 17.5. The fraction of sp³-hybridized carbons (Fsp3) is 0. The van der Waals surface area contributed by atoms with Gasteiger partial charge >= 0.3 is 0 Å². The molecular weight excluding hydrogens is 645 g/mol. The predicted molar refractivity (Wildman–Crippen MR) is 208 cm³/mol. The van der Waals surface area contributed by atoms with E-state index in [1.165, 1.54) is 21.5 Å². The highest BCUT2D eigenvalue weighted by atomic mass is 32.1. The van der Waals surface area contributed by atoms with Crippen LogP contribution >= 0.6 is 11.3 Å². The number of benzene rings is 6. The molecule has 0 atom stereocenters. The first-order chi connectivity index (χ1) is 25.2. The lowest BCUT2D eigenvalue weighted by molar-refractivity contribution is 1.07. The minimum atomic E-state index is 0.623. The summed E-state index contributed by atoms with van der Waals surface area (Å²) in [6, 6.07) is 49.9. The third kappa shape index (κ3) is 5.37. The van der Waals surface area contributed by atoms with Crippen LogP contribution < -0.4 is 0 Å². The zero-order chi connectivity index (χ0) is 33.7. The SMILES string of the molecule is c1ccc(-c2nc(-c3ccccc3)nc(-c3ccc(-c4cnc5sc6cnc(-c7ccc8cc9ccccc9cc8c7)nc6c5c4)cc3)n2)cc1. The van der Waals surface area contributed by atoms with Gasteiger partial charge in [-0.1, -0.05) is 121 Å². The topological polar surface area (TPSA) is 77.3 Å². The quantitative estimate of drug-likeness (QED) is 0.170. The van der Waals surface area contributed by atoms with Crippen LogP contribution in [0.15, 0.2) is 158 Å². The van der Waals surface area contributed by atoms with E-state index in [1.807, 2.05) is 73.1 Å².